The van der Waals surface area contributed by atoms with Gasteiger partial charge in [0.25, 0.3) is 0 Å². The largest absolute Gasteiger partial charge is 0.569 e. The summed E-state index contributed by atoms with van der Waals surface area (Å²) in [4.78, 5) is 4.33. The number of benzene rings is 13. The monoisotopic (exact) mass is 1240 g/mol. The summed E-state index contributed by atoms with van der Waals surface area (Å²) in [7, 11) is 0.731. The van der Waals surface area contributed by atoms with Gasteiger partial charge < -0.3 is 27.9 Å². The van der Waals surface area contributed by atoms with E-state index in [2.05, 4.69) is 312 Å². The minimum absolute atomic E-state index is 0.614. The molecule has 0 bridgehead atoms. The van der Waals surface area contributed by atoms with Crippen LogP contribution in [0.2, 0.25) is 0 Å². The molecule has 0 unspecified atom stereocenters. The zero-order valence-electron chi connectivity index (χ0n) is 49.8. The van der Waals surface area contributed by atoms with Crippen molar-refractivity contribution in [3.63, 3.8) is 0 Å². The first-order chi connectivity index (χ1) is 45.6. The molecule has 0 atom stereocenters. The highest BCUT2D eigenvalue weighted by molar-refractivity contribution is 9.10. The smallest absolute Gasteiger partial charge is 0.536 e. The Hall–Kier alpha value is -11.5. The van der Waals surface area contributed by atoms with E-state index in [0.29, 0.717) is 5.75 Å². The summed E-state index contributed by atoms with van der Waals surface area (Å²) in [5, 5.41) is 18.9. The zero-order valence-corrected chi connectivity index (χ0v) is 51.4. The third kappa shape index (κ3) is 9.79. The molecule has 9 heteroatoms. The van der Waals surface area contributed by atoms with Crippen LogP contribution in [0.4, 0.5) is 0 Å². The van der Waals surface area contributed by atoms with E-state index in [1.54, 1.807) is 0 Å². The van der Waals surface area contributed by atoms with Crippen LogP contribution in [0.1, 0.15) is 0 Å². The van der Waals surface area contributed by atoms with Crippen molar-refractivity contribution in [2.24, 2.45) is 0 Å². The number of para-hydroxylation sites is 8. The van der Waals surface area contributed by atoms with Gasteiger partial charge in [-0.1, -0.05) is 237 Å². The lowest BCUT2D eigenvalue weighted by Gasteiger charge is -2.14. The van der Waals surface area contributed by atoms with Gasteiger partial charge in [0.15, 0.2) is 0 Å². The first kappa shape index (κ1) is 55.8. The van der Waals surface area contributed by atoms with Crippen LogP contribution in [0.5, 0.6) is 5.75 Å². The number of pyridine rings is 1. The van der Waals surface area contributed by atoms with E-state index >= 15 is 0 Å². The number of nitrogens with zero attached hydrogens (tertiary/aromatic N) is 5. The van der Waals surface area contributed by atoms with Gasteiger partial charge in [-0.15, -0.1) is 0 Å². The first-order valence-electron chi connectivity index (χ1n) is 30.7. The molecule has 435 valence electrons. The van der Waals surface area contributed by atoms with Crippen LogP contribution in [-0.4, -0.2) is 36.0 Å². The summed E-state index contributed by atoms with van der Waals surface area (Å²) in [6.07, 6.45) is 3.78. The number of rotatable bonds is 9. The molecule has 92 heavy (non-hydrogen) atoms. The molecule has 0 aliphatic rings. The Balaban J connectivity index is 0.000000120. The van der Waals surface area contributed by atoms with Gasteiger partial charge in [0.05, 0.1) is 50.3 Å². The second-order valence-corrected chi connectivity index (χ2v) is 23.6. The number of halogens is 1. The molecule has 0 aliphatic heterocycles. The second-order valence-electron chi connectivity index (χ2n) is 22.7. The SMILES string of the molecule is Brc1cncc2c1c1ccccc1n2-c1ccccc1.O[B]Oc1cccc2c3ccccc3n(-c3ccc(-c4ccccc4)cc3)c12.c1ccc(-c2ccc(-n3c4ccccc4c4cccc(-c5cccc6c5c5ccccc5n6-c5ccccc5)c43)cc2)cc1. The van der Waals surface area contributed by atoms with Crippen molar-refractivity contribution in [1.29, 1.82) is 0 Å². The first-order valence-corrected chi connectivity index (χ1v) is 31.5. The summed E-state index contributed by atoms with van der Waals surface area (Å²) < 4.78 is 15.7. The summed E-state index contributed by atoms with van der Waals surface area (Å²) in [5.41, 5.74) is 21.0. The minimum Gasteiger partial charge on any atom is -0.536 e. The Kier molecular flexibility index (Phi) is 14.6. The van der Waals surface area contributed by atoms with Gasteiger partial charge in [-0.2, -0.15) is 0 Å². The van der Waals surface area contributed by atoms with Crippen molar-refractivity contribution >= 4 is 111 Å². The summed E-state index contributed by atoms with van der Waals surface area (Å²) in [6, 6.07) is 113. The molecule has 0 saturated carbocycles. The molecule has 0 spiro atoms. The standard InChI is InChI=1S/C42H28N2.C24H17BNO2.C17H11BrN2/c1-3-13-29(14-4-1)30-25-27-32(28-26-30)44-38-22-9-7-17-33(38)35-20-11-21-36(42(35)44)34-19-12-24-40-41(34)37-18-8-10-23-39(37)43(40)31-15-5-2-6-16-31;27-25-28-23-12-6-10-21-20-9-4-5-11-22(20)26(24(21)23)19-15-13-18(14-16-19)17-7-2-1-3-8-17;18-14-10-19-11-16-17(14)13-8-4-5-9-15(13)20(16)12-6-2-1-3-7-12/h1-28H;1-16,27H;1-11H. The molecule has 13 aromatic carbocycles. The highest BCUT2D eigenvalue weighted by Crippen LogP contribution is 2.45. The van der Waals surface area contributed by atoms with Crippen molar-refractivity contribution in [1.82, 2.24) is 23.3 Å². The second kappa shape index (κ2) is 24.1. The fourth-order valence-electron chi connectivity index (χ4n) is 13.6. The predicted octanol–water partition coefficient (Wildman–Crippen LogP) is 21.5. The Morgan fingerprint density at radius 2 is 0.652 bits per heavy atom. The summed E-state index contributed by atoms with van der Waals surface area (Å²) >= 11 is 3.63. The maximum atomic E-state index is 9.22. The number of hydrogen-bond acceptors (Lipinski definition) is 3. The molecule has 18 rings (SSSR count). The van der Waals surface area contributed by atoms with E-state index in [1.807, 2.05) is 60.9 Å². The van der Waals surface area contributed by atoms with Crippen LogP contribution in [0.15, 0.2) is 338 Å². The van der Waals surface area contributed by atoms with E-state index in [9.17, 15) is 5.02 Å². The third-order valence-corrected chi connectivity index (χ3v) is 18.2. The maximum Gasteiger partial charge on any atom is 0.569 e. The van der Waals surface area contributed by atoms with Crippen molar-refractivity contribution in [2.75, 3.05) is 0 Å². The molecule has 0 aliphatic carbocycles. The molecular formula is C83H56BBrN5O2. The molecule has 5 aromatic heterocycles. The van der Waals surface area contributed by atoms with Crippen LogP contribution in [0.3, 0.4) is 0 Å². The molecule has 1 N–H and O–H groups in total. The molecular weight excluding hydrogens is 1190 g/mol. The van der Waals surface area contributed by atoms with Gasteiger partial charge in [-0.25, -0.2) is 0 Å². The van der Waals surface area contributed by atoms with Crippen molar-refractivity contribution in [3.8, 4) is 61.9 Å². The molecule has 0 fully saturated rings. The lowest BCUT2D eigenvalue weighted by atomic mass is 9.97. The van der Waals surface area contributed by atoms with Crippen molar-refractivity contribution < 1.29 is 9.68 Å². The quantitative estimate of drug-likeness (QED) is 0.147. The molecule has 0 amide bonds. The van der Waals surface area contributed by atoms with E-state index < -0.39 is 0 Å². The summed E-state index contributed by atoms with van der Waals surface area (Å²) in [5.74, 6) is 0.614. The average Bonchev–Trinajstić information content (AvgIpc) is 1.58. The minimum atomic E-state index is 0.614. The Bertz CT molecular complexity index is 5710. The van der Waals surface area contributed by atoms with E-state index in [4.69, 9.17) is 4.65 Å². The maximum absolute atomic E-state index is 9.22. The Morgan fingerprint density at radius 1 is 0.283 bits per heavy atom. The van der Waals surface area contributed by atoms with Gasteiger partial charge in [-0.05, 0) is 129 Å². The van der Waals surface area contributed by atoms with Crippen LogP contribution in [0, 0.1) is 0 Å². The molecule has 0 saturated heterocycles. The number of aromatic nitrogens is 5. The van der Waals surface area contributed by atoms with Crippen LogP contribution in [-0.2, 0) is 0 Å². The number of fused-ring (bicyclic) bond motifs is 12. The molecule has 1 radical (unpaired) electrons. The van der Waals surface area contributed by atoms with Crippen LogP contribution in [0.25, 0.3) is 143 Å². The van der Waals surface area contributed by atoms with Crippen LogP contribution < -0.4 is 4.65 Å². The zero-order chi connectivity index (χ0) is 61.5. The average molecular weight is 1250 g/mol. The van der Waals surface area contributed by atoms with Gasteiger partial charge in [0, 0.05) is 82.1 Å². The Morgan fingerprint density at radius 3 is 1.18 bits per heavy atom. The molecule has 7 nitrogen and oxygen atoms in total. The summed E-state index contributed by atoms with van der Waals surface area (Å²) in [6.45, 7) is 0. The van der Waals surface area contributed by atoms with Gasteiger partial charge >= 0.3 is 7.69 Å². The molecule has 18 aromatic rings. The highest BCUT2D eigenvalue weighted by atomic mass is 79.9. The van der Waals surface area contributed by atoms with E-state index in [-0.39, 0.29) is 0 Å². The topological polar surface area (TPSA) is 62.1 Å². The fraction of sp³-hybridized carbons (Fsp3) is 0. The lowest BCUT2D eigenvalue weighted by molar-refractivity contribution is 0.456. The van der Waals surface area contributed by atoms with Gasteiger partial charge in [0.2, 0.25) is 0 Å². The fourth-order valence-corrected chi connectivity index (χ4v) is 14.1. The number of hydrogen-bond donors (Lipinski definition) is 1. The van der Waals surface area contributed by atoms with Gasteiger partial charge in [-0.3, -0.25) is 4.98 Å². The third-order valence-electron chi connectivity index (χ3n) is 17.5. The molecule has 5 heterocycles. The normalized spacial score (nSPS) is 11.4. The highest BCUT2D eigenvalue weighted by Gasteiger charge is 2.22. The van der Waals surface area contributed by atoms with Crippen molar-refractivity contribution in [3.05, 3.63) is 338 Å². The van der Waals surface area contributed by atoms with E-state index in [1.165, 1.54) is 99.0 Å². The van der Waals surface area contributed by atoms with E-state index in [0.717, 1.165) is 56.5 Å². The lowest BCUT2D eigenvalue weighted by Crippen LogP contribution is -2.02. The van der Waals surface area contributed by atoms with Crippen LogP contribution >= 0.6 is 15.9 Å². The Labute approximate surface area is 540 Å². The van der Waals surface area contributed by atoms with Gasteiger partial charge in [0.1, 0.15) is 5.75 Å². The predicted molar refractivity (Wildman–Crippen MR) is 387 cm³/mol. The van der Waals surface area contributed by atoms with Crippen molar-refractivity contribution in [2.45, 2.75) is 0 Å².